The standard InChI is InChI=1S/C24H19N3O4S/c1-14-8-9-20(15(2)11-14)26-10-4-7-17(26)13-19-21(28)25-24(32)27(22(19)29)18-6-3-5-16(12-18)23(30)31/h3-13H,1-2H3,(H,30,31)(H,25,28,32). The number of rotatable bonds is 4. The average molecular weight is 446 g/mol. The first kappa shape index (κ1) is 21.2. The predicted molar refractivity (Wildman–Crippen MR) is 125 cm³/mol. The summed E-state index contributed by atoms with van der Waals surface area (Å²) in [6.45, 7) is 4.00. The van der Waals surface area contributed by atoms with Crippen LogP contribution >= 0.6 is 12.2 Å². The van der Waals surface area contributed by atoms with E-state index in [-0.39, 0.29) is 21.9 Å². The summed E-state index contributed by atoms with van der Waals surface area (Å²) in [5, 5.41) is 11.7. The molecule has 1 saturated heterocycles. The number of carbonyl (C=O) groups is 3. The Morgan fingerprint density at radius 2 is 1.84 bits per heavy atom. The number of hydrogen-bond donors (Lipinski definition) is 2. The second-order valence-electron chi connectivity index (χ2n) is 7.41. The third-order valence-electron chi connectivity index (χ3n) is 5.14. The molecule has 3 aromatic rings. The van der Waals surface area contributed by atoms with E-state index in [1.165, 1.54) is 24.3 Å². The Morgan fingerprint density at radius 1 is 1.06 bits per heavy atom. The Kier molecular flexibility index (Phi) is 5.46. The van der Waals surface area contributed by atoms with Crippen molar-refractivity contribution in [1.29, 1.82) is 0 Å². The quantitative estimate of drug-likeness (QED) is 0.364. The van der Waals surface area contributed by atoms with E-state index < -0.39 is 17.8 Å². The van der Waals surface area contributed by atoms with Crippen LogP contribution in [0.1, 0.15) is 27.2 Å². The number of carbonyl (C=O) groups excluding carboxylic acids is 2. The number of amides is 2. The molecule has 1 aliphatic rings. The van der Waals surface area contributed by atoms with Crippen LogP contribution in [0.3, 0.4) is 0 Å². The fourth-order valence-corrected chi connectivity index (χ4v) is 3.91. The lowest BCUT2D eigenvalue weighted by molar-refractivity contribution is -0.122. The Labute approximate surface area is 189 Å². The van der Waals surface area contributed by atoms with Gasteiger partial charge in [0.2, 0.25) is 0 Å². The van der Waals surface area contributed by atoms with Crippen molar-refractivity contribution in [2.24, 2.45) is 0 Å². The van der Waals surface area contributed by atoms with Gasteiger partial charge in [-0.1, -0.05) is 23.8 Å². The van der Waals surface area contributed by atoms with Gasteiger partial charge in [0, 0.05) is 17.6 Å². The molecule has 32 heavy (non-hydrogen) atoms. The number of carboxylic acid groups (broad SMARTS) is 1. The summed E-state index contributed by atoms with van der Waals surface area (Å²) in [5.74, 6) is -2.37. The maximum Gasteiger partial charge on any atom is 0.335 e. The fraction of sp³-hybridized carbons (Fsp3) is 0.0833. The monoisotopic (exact) mass is 445 g/mol. The second-order valence-corrected chi connectivity index (χ2v) is 7.79. The molecule has 4 rings (SSSR count). The summed E-state index contributed by atoms with van der Waals surface area (Å²) < 4.78 is 1.89. The largest absolute Gasteiger partial charge is 0.478 e. The Bertz CT molecular complexity index is 1320. The van der Waals surface area contributed by atoms with Crippen LogP contribution < -0.4 is 10.2 Å². The molecule has 0 radical (unpaired) electrons. The van der Waals surface area contributed by atoms with E-state index in [2.05, 4.69) is 11.4 Å². The third-order valence-corrected chi connectivity index (χ3v) is 5.42. The van der Waals surface area contributed by atoms with E-state index in [1.54, 1.807) is 12.1 Å². The van der Waals surface area contributed by atoms with Gasteiger partial charge in [0.1, 0.15) is 5.57 Å². The van der Waals surface area contributed by atoms with Gasteiger partial charge in [0.15, 0.2) is 5.11 Å². The van der Waals surface area contributed by atoms with Gasteiger partial charge in [-0.15, -0.1) is 0 Å². The molecule has 2 N–H and O–H groups in total. The van der Waals surface area contributed by atoms with Crippen LogP contribution in [-0.4, -0.2) is 32.6 Å². The number of nitrogens with one attached hydrogen (secondary N) is 1. The first-order valence-corrected chi connectivity index (χ1v) is 10.2. The minimum absolute atomic E-state index is 0.00394. The summed E-state index contributed by atoms with van der Waals surface area (Å²) >= 11 is 5.20. The number of thiocarbonyl (C=S) groups is 1. The molecule has 1 aromatic heterocycles. The van der Waals surface area contributed by atoms with Crippen LogP contribution in [-0.2, 0) is 9.59 Å². The minimum atomic E-state index is -1.13. The van der Waals surface area contributed by atoms with Crippen LogP contribution in [0.2, 0.25) is 0 Å². The van der Waals surface area contributed by atoms with E-state index in [0.29, 0.717) is 5.69 Å². The number of anilines is 1. The van der Waals surface area contributed by atoms with Crippen molar-refractivity contribution in [2.75, 3.05) is 4.90 Å². The van der Waals surface area contributed by atoms with Gasteiger partial charge in [0.25, 0.3) is 11.8 Å². The van der Waals surface area contributed by atoms with Crippen molar-refractivity contribution in [3.05, 3.63) is 88.8 Å². The number of carboxylic acids is 1. The molecule has 0 saturated carbocycles. The van der Waals surface area contributed by atoms with Crippen LogP contribution in [0.5, 0.6) is 0 Å². The third kappa shape index (κ3) is 3.83. The zero-order valence-electron chi connectivity index (χ0n) is 17.3. The summed E-state index contributed by atoms with van der Waals surface area (Å²) in [6.07, 6.45) is 3.36. The zero-order valence-corrected chi connectivity index (χ0v) is 18.1. The van der Waals surface area contributed by atoms with Crippen LogP contribution in [0.4, 0.5) is 5.69 Å². The minimum Gasteiger partial charge on any atom is -0.478 e. The first-order chi connectivity index (χ1) is 15.3. The molecule has 8 heteroatoms. The van der Waals surface area contributed by atoms with E-state index in [1.807, 2.05) is 42.8 Å². The first-order valence-electron chi connectivity index (χ1n) is 9.76. The Morgan fingerprint density at radius 3 is 2.56 bits per heavy atom. The summed E-state index contributed by atoms with van der Waals surface area (Å²) in [6, 6.07) is 15.5. The molecule has 160 valence electrons. The van der Waals surface area contributed by atoms with Crippen LogP contribution in [0.25, 0.3) is 11.8 Å². The highest BCUT2D eigenvalue weighted by Crippen LogP contribution is 2.25. The molecular weight excluding hydrogens is 426 g/mol. The lowest BCUT2D eigenvalue weighted by Gasteiger charge is -2.29. The maximum atomic E-state index is 13.3. The van der Waals surface area contributed by atoms with E-state index in [9.17, 15) is 19.5 Å². The molecule has 0 unspecified atom stereocenters. The average Bonchev–Trinajstić information content (AvgIpc) is 3.19. The van der Waals surface area contributed by atoms with Gasteiger partial charge in [-0.05, 0) is 74.1 Å². The summed E-state index contributed by atoms with van der Waals surface area (Å²) in [4.78, 5) is 38.4. The molecule has 2 amide bonds. The van der Waals surface area contributed by atoms with Crippen molar-refractivity contribution < 1.29 is 19.5 Å². The van der Waals surface area contributed by atoms with E-state index in [0.717, 1.165) is 21.7 Å². The van der Waals surface area contributed by atoms with Crippen molar-refractivity contribution >= 4 is 46.9 Å². The smallest absolute Gasteiger partial charge is 0.335 e. The highest BCUT2D eigenvalue weighted by molar-refractivity contribution is 7.80. The number of nitrogens with zero attached hydrogens (tertiary/aromatic N) is 2. The molecule has 2 heterocycles. The van der Waals surface area contributed by atoms with Crippen LogP contribution in [0.15, 0.2) is 66.4 Å². The number of aromatic carboxylic acids is 1. The number of aromatic nitrogens is 1. The van der Waals surface area contributed by atoms with Gasteiger partial charge in [-0.2, -0.15) is 0 Å². The SMILES string of the molecule is Cc1ccc(-n2cccc2C=C2C(=O)NC(=S)N(c3cccc(C(=O)O)c3)C2=O)c(C)c1. The van der Waals surface area contributed by atoms with Gasteiger partial charge in [-0.25, -0.2) is 4.79 Å². The number of hydrogen-bond acceptors (Lipinski definition) is 4. The van der Waals surface area contributed by atoms with Crippen molar-refractivity contribution in [1.82, 2.24) is 9.88 Å². The molecular formula is C24H19N3O4S. The highest BCUT2D eigenvalue weighted by atomic mass is 32.1. The van der Waals surface area contributed by atoms with Crippen molar-refractivity contribution in [3.63, 3.8) is 0 Å². The van der Waals surface area contributed by atoms with Gasteiger partial charge < -0.3 is 9.67 Å². The lowest BCUT2D eigenvalue weighted by Crippen LogP contribution is -2.54. The lowest BCUT2D eigenvalue weighted by atomic mass is 10.1. The molecule has 2 aromatic carbocycles. The predicted octanol–water partition coefficient (Wildman–Crippen LogP) is 3.62. The van der Waals surface area contributed by atoms with Gasteiger partial charge in [0.05, 0.1) is 11.3 Å². The molecule has 0 atom stereocenters. The normalized spacial score (nSPS) is 15.2. The topological polar surface area (TPSA) is 91.6 Å². The van der Waals surface area contributed by atoms with Gasteiger partial charge in [-0.3, -0.25) is 19.8 Å². The zero-order chi connectivity index (χ0) is 23.0. The summed E-state index contributed by atoms with van der Waals surface area (Å²) in [7, 11) is 0. The Hall–Kier alpha value is -4.04. The Balaban J connectivity index is 1.76. The molecule has 1 aliphatic heterocycles. The molecule has 7 nitrogen and oxygen atoms in total. The number of aryl methyl sites for hydroxylation is 2. The van der Waals surface area contributed by atoms with Gasteiger partial charge >= 0.3 is 5.97 Å². The van der Waals surface area contributed by atoms with Crippen LogP contribution in [0, 0.1) is 13.8 Å². The molecule has 0 bridgehead atoms. The van der Waals surface area contributed by atoms with E-state index in [4.69, 9.17) is 12.2 Å². The summed E-state index contributed by atoms with van der Waals surface area (Å²) in [5.41, 5.74) is 3.91. The van der Waals surface area contributed by atoms with Crippen molar-refractivity contribution in [3.8, 4) is 5.69 Å². The second kappa shape index (κ2) is 8.24. The fourth-order valence-electron chi connectivity index (χ4n) is 3.62. The molecule has 1 fully saturated rings. The van der Waals surface area contributed by atoms with Crippen molar-refractivity contribution in [2.45, 2.75) is 13.8 Å². The number of benzene rings is 2. The highest BCUT2D eigenvalue weighted by Gasteiger charge is 2.35. The molecule has 0 aliphatic carbocycles. The molecule has 0 spiro atoms. The maximum absolute atomic E-state index is 13.3. The van der Waals surface area contributed by atoms with E-state index >= 15 is 0 Å².